The van der Waals surface area contributed by atoms with E-state index in [2.05, 4.69) is 0 Å². The normalized spacial score (nSPS) is 12.2. The lowest BCUT2D eigenvalue weighted by atomic mass is 9.81. The van der Waals surface area contributed by atoms with Gasteiger partial charge in [0.1, 0.15) is 11.5 Å². The number of aliphatic hydroxyl groups is 1. The van der Waals surface area contributed by atoms with Crippen molar-refractivity contribution >= 4 is 5.97 Å². The summed E-state index contributed by atoms with van der Waals surface area (Å²) in [7, 11) is 3.15. The third kappa shape index (κ3) is 4.87. The molecule has 0 bridgehead atoms. The van der Waals surface area contributed by atoms with Crippen molar-refractivity contribution in [2.24, 2.45) is 0 Å². The van der Waals surface area contributed by atoms with Crippen molar-refractivity contribution in [2.75, 3.05) is 20.8 Å². The van der Waals surface area contributed by atoms with E-state index in [0.717, 1.165) is 5.56 Å². The van der Waals surface area contributed by atoms with E-state index >= 15 is 0 Å². The first-order chi connectivity index (χ1) is 15.0. The van der Waals surface area contributed by atoms with E-state index < -0.39 is 17.7 Å². The molecule has 0 unspecified atom stereocenters. The molecule has 0 heterocycles. The van der Waals surface area contributed by atoms with Crippen LogP contribution in [0.4, 0.5) is 0 Å². The zero-order valence-electron chi connectivity index (χ0n) is 17.5. The smallest absolute Gasteiger partial charge is 0.336 e. The van der Waals surface area contributed by atoms with Gasteiger partial charge in [0, 0.05) is 6.07 Å². The highest BCUT2D eigenvalue weighted by Crippen LogP contribution is 2.38. The highest BCUT2D eigenvalue weighted by molar-refractivity contribution is 5.75. The number of carbonyl (C=O) groups is 1. The molecule has 0 saturated heterocycles. The molecule has 0 amide bonds. The second-order valence-corrected chi connectivity index (χ2v) is 7.03. The molecule has 2 N–H and O–H groups in total. The van der Waals surface area contributed by atoms with Crippen LogP contribution in [0, 0.1) is 0 Å². The molecule has 0 aliphatic rings. The maximum Gasteiger partial charge on any atom is 0.336 e. The van der Waals surface area contributed by atoms with Gasteiger partial charge in [0.2, 0.25) is 0 Å². The highest BCUT2D eigenvalue weighted by atomic mass is 16.5. The van der Waals surface area contributed by atoms with Gasteiger partial charge >= 0.3 is 5.97 Å². The molecule has 3 aromatic carbocycles. The number of carboxylic acids is 1. The van der Waals surface area contributed by atoms with E-state index in [1.807, 2.05) is 24.3 Å². The van der Waals surface area contributed by atoms with Crippen LogP contribution >= 0.6 is 0 Å². The number of ether oxygens (including phenoxy) is 3. The molecule has 0 saturated carbocycles. The van der Waals surface area contributed by atoms with Crippen molar-refractivity contribution in [1.82, 2.24) is 0 Å². The largest absolute Gasteiger partial charge is 0.497 e. The minimum absolute atomic E-state index is 0.157. The first-order valence-corrected chi connectivity index (χ1v) is 9.89. The number of aliphatic carboxylic acids is 1. The van der Waals surface area contributed by atoms with Gasteiger partial charge < -0.3 is 24.4 Å². The number of hydrogen-bond donors (Lipinski definition) is 2. The molecular formula is C25H26O6. The second kappa shape index (κ2) is 10.1. The van der Waals surface area contributed by atoms with Crippen molar-refractivity contribution in [1.29, 1.82) is 0 Å². The number of carboxylic acid groups (broad SMARTS) is 1. The Morgan fingerprint density at radius 2 is 1.35 bits per heavy atom. The first-order valence-electron chi connectivity index (χ1n) is 9.89. The number of hydrogen-bond acceptors (Lipinski definition) is 5. The summed E-state index contributed by atoms with van der Waals surface area (Å²) in [5.74, 6) is -0.0645. The molecule has 31 heavy (non-hydrogen) atoms. The maximum atomic E-state index is 11.9. The molecule has 0 spiro atoms. The van der Waals surface area contributed by atoms with Gasteiger partial charge in [-0.1, -0.05) is 60.7 Å². The summed E-state index contributed by atoms with van der Waals surface area (Å²) in [5.41, 5.74) is 0.437. The lowest BCUT2D eigenvalue weighted by Crippen LogP contribution is -2.48. The lowest BCUT2D eigenvalue weighted by Gasteiger charge is -2.37. The molecule has 6 heteroatoms. The number of methoxy groups -OCH3 is 2. The van der Waals surface area contributed by atoms with Crippen LogP contribution in [-0.2, 0) is 21.6 Å². The fourth-order valence-corrected chi connectivity index (χ4v) is 3.61. The molecule has 6 nitrogen and oxygen atoms in total. The van der Waals surface area contributed by atoms with Crippen molar-refractivity contribution in [3.63, 3.8) is 0 Å². The zero-order valence-corrected chi connectivity index (χ0v) is 17.5. The van der Waals surface area contributed by atoms with Gasteiger partial charge in [0.25, 0.3) is 0 Å². The zero-order chi connectivity index (χ0) is 22.3. The molecule has 0 aliphatic heterocycles. The average Bonchev–Trinajstić information content (AvgIpc) is 2.82. The Labute approximate surface area is 181 Å². The van der Waals surface area contributed by atoms with Crippen molar-refractivity contribution in [2.45, 2.75) is 18.1 Å². The standard InChI is InChI=1S/C25H26O6/c1-29-21-15-18(16-22(17-21)30-2)13-14-31-25(23(26)24(27)28,19-9-5-3-6-10-19)20-11-7-4-8-12-20/h3-12,15-17,23,26H,13-14H2,1-2H3,(H,27,28)/t23-/m0/s1. The summed E-state index contributed by atoms with van der Waals surface area (Å²) < 4.78 is 16.9. The van der Waals surface area contributed by atoms with Gasteiger partial charge in [-0.3, -0.25) is 0 Å². The summed E-state index contributed by atoms with van der Waals surface area (Å²) in [6.07, 6.45) is -1.35. The maximum absolute atomic E-state index is 11.9. The van der Waals surface area contributed by atoms with Gasteiger partial charge in [0.05, 0.1) is 20.8 Å². The van der Waals surface area contributed by atoms with Gasteiger partial charge in [-0.25, -0.2) is 4.79 Å². The molecule has 0 aliphatic carbocycles. The molecule has 3 aromatic rings. The van der Waals surface area contributed by atoms with Crippen LogP contribution < -0.4 is 9.47 Å². The molecule has 0 fully saturated rings. The van der Waals surface area contributed by atoms with Crippen LogP contribution in [0.2, 0.25) is 0 Å². The third-order valence-corrected chi connectivity index (χ3v) is 5.16. The van der Waals surface area contributed by atoms with E-state index in [4.69, 9.17) is 14.2 Å². The van der Waals surface area contributed by atoms with Gasteiger partial charge in [-0.15, -0.1) is 0 Å². The van der Waals surface area contributed by atoms with Crippen molar-refractivity contribution in [3.05, 3.63) is 95.6 Å². The number of rotatable bonds is 10. The van der Waals surface area contributed by atoms with E-state index in [1.54, 1.807) is 68.8 Å². The summed E-state index contributed by atoms with van der Waals surface area (Å²) in [6.45, 7) is 0.157. The van der Waals surface area contributed by atoms with Crippen LogP contribution in [-0.4, -0.2) is 43.1 Å². The third-order valence-electron chi connectivity index (χ3n) is 5.16. The topological polar surface area (TPSA) is 85.2 Å². The first kappa shape index (κ1) is 22.3. The molecule has 1 atom stereocenters. The Hall–Kier alpha value is -3.35. The second-order valence-electron chi connectivity index (χ2n) is 7.03. The molecule has 0 radical (unpaired) electrons. The minimum Gasteiger partial charge on any atom is -0.497 e. The lowest BCUT2D eigenvalue weighted by molar-refractivity contribution is -0.167. The summed E-state index contributed by atoms with van der Waals surface area (Å²) >= 11 is 0. The van der Waals surface area contributed by atoms with Crippen LogP contribution in [0.3, 0.4) is 0 Å². The predicted molar refractivity (Wildman–Crippen MR) is 117 cm³/mol. The monoisotopic (exact) mass is 422 g/mol. The van der Waals surface area contributed by atoms with E-state index in [0.29, 0.717) is 29.0 Å². The van der Waals surface area contributed by atoms with Crippen molar-refractivity contribution in [3.8, 4) is 11.5 Å². The summed E-state index contributed by atoms with van der Waals surface area (Å²) in [4.78, 5) is 11.9. The Morgan fingerprint density at radius 3 is 1.77 bits per heavy atom. The SMILES string of the molecule is COc1cc(CCOC(c2ccccc2)(c2ccccc2)[C@@H](O)C(=O)O)cc(OC)c1. The quantitative estimate of drug-likeness (QED) is 0.519. The van der Waals surface area contributed by atoms with E-state index in [9.17, 15) is 15.0 Å². The molecule has 3 rings (SSSR count). The number of aliphatic hydroxyl groups excluding tert-OH is 1. The van der Waals surface area contributed by atoms with Gasteiger partial charge in [-0.2, -0.15) is 0 Å². The molecular weight excluding hydrogens is 396 g/mol. The number of benzene rings is 3. The van der Waals surface area contributed by atoms with Crippen molar-refractivity contribution < 1.29 is 29.2 Å². The fourth-order valence-electron chi connectivity index (χ4n) is 3.61. The average molecular weight is 422 g/mol. The van der Waals surface area contributed by atoms with Gasteiger partial charge in [-0.05, 0) is 35.2 Å². The van der Waals surface area contributed by atoms with E-state index in [-0.39, 0.29) is 6.61 Å². The minimum atomic E-state index is -1.81. The molecule has 0 aromatic heterocycles. The van der Waals surface area contributed by atoms with Gasteiger partial charge in [0.15, 0.2) is 11.7 Å². The van der Waals surface area contributed by atoms with Crippen LogP contribution in [0.5, 0.6) is 11.5 Å². The fraction of sp³-hybridized carbons (Fsp3) is 0.240. The summed E-state index contributed by atoms with van der Waals surface area (Å²) in [5, 5.41) is 20.6. The Kier molecular flexibility index (Phi) is 7.28. The van der Waals surface area contributed by atoms with Crippen LogP contribution in [0.25, 0.3) is 0 Å². The van der Waals surface area contributed by atoms with E-state index in [1.165, 1.54) is 0 Å². The van der Waals surface area contributed by atoms with Crippen LogP contribution in [0.1, 0.15) is 16.7 Å². The predicted octanol–water partition coefficient (Wildman–Crippen LogP) is 3.65. The molecule has 162 valence electrons. The van der Waals surface area contributed by atoms with Crippen LogP contribution in [0.15, 0.2) is 78.9 Å². The highest BCUT2D eigenvalue weighted by Gasteiger charge is 2.46. The Balaban J connectivity index is 1.98. The Bertz CT molecular complexity index is 926. The summed E-state index contributed by atoms with van der Waals surface area (Å²) in [6, 6.07) is 23.4. The Morgan fingerprint density at radius 1 is 0.871 bits per heavy atom.